The van der Waals surface area contributed by atoms with Crippen LogP contribution in [0.25, 0.3) is 0 Å². The number of likely N-dealkylation sites (tertiary alicyclic amines) is 1. The van der Waals surface area contributed by atoms with E-state index in [1.165, 1.54) is 0 Å². The fourth-order valence-electron chi connectivity index (χ4n) is 2.57. The average Bonchev–Trinajstić information content (AvgIpc) is 2.51. The van der Waals surface area contributed by atoms with Gasteiger partial charge in [-0.3, -0.25) is 4.90 Å². The quantitative estimate of drug-likeness (QED) is 0.813. The zero-order chi connectivity index (χ0) is 15.9. The topological polar surface area (TPSA) is 35.9 Å². The molecule has 0 atom stereocenters. The Balaban J connectivity index is 2.23. The number of anilines is 1. The first-order valence-electron chi connectivity index (χ1n) is 7.98. The Morgan fingerprint density at radius 2 is 2.14 bits per heavy atom. The molecule has 1 fully saturated rings. The van der Waals surface area contributed by atoms with Gasteiger partial charge in [0.15, 0.2) is 0 Å². The highest BCUT2D eigenvalue weighted by Gasteiger charge is 2.20. The molecule has 0 aromatic heterocycles. The average molecular weight is 322 g/mol. The number of urea groups is 1. The van der Waals surface area contributed by atoms with Crippen molar-refractivity contribution in [3.8, 4) is 0 Å². The van der Waals surface area contributed by atoms with E-state index in [1.54, 1.807) is 4.90 Å². The third kappa shape index (κ3) is 4.23. The van der Waals surface area contributed by atoms with Crippen LogP contribution in [-0.2, 0) is 0 Å². The molecule has 0 aliphatic carbocycles. The maximum Gasteiger partial charge on any atom is 0.349 e. The first kappa shape index (κ1) is 16.8. The summed E-state index contributed by atoms with van der Waals surface area (Å²) in [5, 5.41) is 0.587. The monoisotopic (exact) mass is 321 g/mol. The highest BCUT2D eigenvalue weighted by atomic mass is 35.5. The molecule has 0 unspecified atom stereocenters. The number of aliphatic imine (C=N–C) groups is 1. The zero-order valence-corrected chi connectivity index (χ0v) is 14.1. The number of amides is 2. The number of carbonyl (C=O) groups is 1. The number of hydrogen-bond acceptors (Lipinski definition) is 1. The van der Waals surface area contributed by atoms with E-state index < -0.39 is 0 Å². The number of hydrogen-bond donors (Lipinski definition) is 0. The summed E-state index contributed by atoms with van der Waals surface area (Å²) in [6, 6.07) is 7.23. The summed E-state index contributed by atoms with van der Waals surface area (Å²) in [6.45, 7) is 3.71. The molecule has 0 radical (unpaired) electrons. The lowest BCUT2D eigenvalue weighted by atomic mass is 10.1. The van der Waals surface area contributed by atoms with Crippen molar-refractivity contribution in [1.82, 2.24) is 4.90 Å². The van der Waals surface area contributed by atoms with Gasteiger partial charge in [0, 0.05) is 26.6 Å². The van der Waals surface area contributed by atoms with Crippen molar-refractivity contribution in [3.63, 3.8) is 0 Å². The predicted molar refractivity (Wildman–Crippen MR) is 93.0 cm³/mol. The Bertz CT molecular complexity index is 544. The van der Waals surface area contributed by atoms with Crippen LogP contribution in [0.1, 0.15) is 39.0 Å². The standard InChI is InChI=1S/C17H24ClN3O/c1-3-4-13-21(15-10-6-5-9-14(15)18)17(22)19-16-11-7-8-12-20(16)2/h5-6,9-10H,3-4,7-8,11-13H2,1-2H3. The van der Waals surface area contributed by atoms with E-state index in [0.717, 1.165) is 50.2 Å². The molecule has 1 aromatic rings. The van der Waals surface area contributed by atoms with Crippen LogP contribution in [0, 0.1) is 0 Å². The molecule has 1 aromatic carbocycles. The molecule has 22 heavy (non-hydrogen) atoms. The van der Waals surface area contributed by atoms with Gasteiger partial charge in [0.25, 0.3) is 0 Å². The fourth-order valence-corrected chi connectivity index (χ4v) is 2.81. The Morgan fingerprint density at radius 1 is 1.36 bits per heavy atom. The Kier molecular flexibility index (Phi) is 6.25. The Hall–Kier alpha value is -1.55. The summed E-state index contributed by atoms with van der Waals surface area (Å²) in [5.74, 6) is 0.879. The normalized spacial score (nSPS) is 16.9. The van der Waals surface area contributed by atoms with Crippen LogP contribution in [0.3, 0.4) is 0 Å². The first-order valence-corrected chi connectivity index (χ1v) is 8.36. The molecule has 1 aliphatic heterocycles. The van der Waals surface area contributed by atoms with E-state index in [-0.39, 0.29) is 6.03 Å². The van der Waals surface area contributed by atoms with Crippen LogP contribution in [0.5, 0.6) is 0 Å². The summed E-state index contributed by atoms with van der Waals surface area (Å²) in [4.78, 5) is 20.8. The molecular formula is C17H24ClN3O. The number of para-hydroxylation sites is 1. The van der Waals surface area contributed by atoms with Gasteiger partial charge in [-0.05, 0) is 31.4 Å². The first-order chi connectivity index (χ1) is 10.6. The van der Waals surface area contributed by atoms with Gasteiger partial charge >= 0.3 is 6.03 Å². The lowest BCUT2D eigenvalue weighted by Crippen LogP contribution is -2.36. The lowest BCUT2D eigenvalue weighted by Gasteiger charge is -2.27. The van der Waals surface area contributed by atoms with E-state index in [9.17, 15) is 4.79 Å². The van der Waals surface area contributed by atoms with Gasteiger partial charge in [-0.15, -0.1) is 0 Å². The Morgan fingerprint density at radius 3 is 2.82 bits per heavy atom. The molecule has 120 valence electrons. The highest BCUT2D eigenvalue weighted by Crippen LogP contribution is 2.26. The molecule has 1 heterocycles. The molecule has 4 nitrogen and oxygen atoms in total. The number of amidine groups is 1. The molecule has 0 N–H and O–H groups in total. The van der Waals surface area contributed by atoms with E-state index >= 15 is 0 Å². The third-order valence-corrected chi connectivity index (χ3v) is 4.24. The largest absolute Gasteiger partial charge is 0.363 e. The second-order valence-electron chi connectivity index (χ2n) is 5.65. The van der Waals surface area contributed by atoms with Crippen LogP contribution in [0.2, 0.25) is 5.02 Å². The van der Waals surface area contributed by atoms with E-state index in [0.29, 0.717) is 11.6 Å². The molecule has 2 amide bonds. The minimum atomic E-state index is -0.217. The van der Waals surface area contributed by atoms with Crippen molar-refractivity contribution in [1.29, 1.82) is 0 Å². The van der Waals surface area contributed by atoms with Gasteiger partial charge in [-0.1, -0.05) is 37.1 Å². The number of halogens is 1. The van der Waals surface area contributed by atoms with Crippen molar-refractivity contribution in [3.05, 3.63) is 29.3 Å². The van der Waals surface area contributed by atoms with Crippen LogP contribution < -0.4 is 4.90 Å². The second kappa shape index (κ2) is 8.18. The van der Waals surface area contributed by atoms with Crippen LogP contribution in [0.15, 0.2) is 29.3 Å². The molecule has 1 aliphatic rings. The zero-order valence-electron chi connectivity index (χ0n) is 13.4. The summed E-state index contributed by atoms with van der Waals surface area (Å²) < 4.78 is 0. The molecule has 5 heteroatoms. The summed E-state index contributed by atoms with van der Waals surface area (Å²) in [5.41, 5.74) is 0.741. The van der Waals surface area contributed by atoms with Crippen molar-refractivity contribution >= 4 is 29.2 Å². The van der Waals surface area contributed by atoms with Gasteiger partial charge in [-0.25, -0.2) is 4.79 Å². The minimum absolute atomic E-state index is 0.217. The number of benzene rings is 1. The Labute approximate surface area is 137 Å². The van der Waals surface area contributed by atoms with Crippen molar-refractivity contribution in [2.75, 3.05) is 25.0 Å². The predicted octanol–water partition coefficient (Wildman–Crippen LogP) is 4.58. The molecule has 0 bridgehead atoms. The summed E-state index contributed by atoms with van der Waals surface area (Å²) >= 11 is 6.26. The molecule has 1 saturated heterocycles. The van der Waals surface area contributed by atoms with E-state index in [1.807, 2.05) is 31.3 Å². The van der Waals surface area contributed by atoms with E-state index in [4.69, 9.17) is 11.6 Å². The number of unbranched alkanes of at least 4 members (excludes halogenated alkanes) is 1. The lowest BCUT2D eigenvalue weighted by molar-refractivity contribution is 0.253. The van der Waals surface area contributed by atoms with E-state index in [2.05, 4.69) is 16.8 Å². The van der Waals surface area contributed by atoms with Crippen molar-refractivity contribution in [2.24, 2.45) is 4.99 Å². The maximum atomic E-state index is 12.7. The number of rotatable bonds is 4. The molecule has 0 spiro atoms. The van der Waals surface area contributed by atoms with Gasteiger partial charge in [-0.2, -0.15) is 4.99 Å². The van der Waals surface area contributed by atoms with Crippen LogP contribution >= 0.6 is 11.6 Å². The van der Waals surface area contributed by atoms with Gasteiger partial charge < -0.3 is 4.90 Å². The number of nitrogens with zero attached hydrogens (tertiary/aromatic N) is 3. The maximum absolute atomic E-state index is 12.7. The summed E-state index contributed by atoms with van der Waals surface area (Å²) in [7, 11) is 2.00. The number of piperidine rings is 1. The van der Waals surface area contributed by atoms with Gasteiger partial charge in [0.2, 0.25) is 0 Å². The number of carbonyl (C=O) groups excluding carboxylic acids is 1. The highest BCUT2D eigenvalue weighted by molar-refractivity contribution is 6.33. The van der Waals surface area contributed by atoms with Gasteiger partial charge in [0.1, 0.15) is 5.84 Å². The fraction of sp³-hybridized carbons (Fsp3) is 0.529. The SMILES string of the molecule is CCCCN(C(=O)N=C1CCCCN1C)c1ccccc1Cl. The van der Waals surface area contributed by atoms with Crippen LogP contribution in [0.4, 0.5) is 10.5 Å². The molecule has 2 rings (SSSR count). The van der Waals surface area contributed by atoms with Crippen LogP contribution in [-0.4, -0.2) is 36.9 Å². The van der Waals surface area contributed by atoms with Crippen molar-refractivity contribution < 1.29 is 4.79 Å². The minimum Gasteiger partial charge on any atom is -0.363 e. The third-order valence-electron chi connectivity index (χ3n) is 3.92. The summed E-state index contributed by atoms with van der Waals surface area (Å²) in [6.07, 6.45) is 5.07. The molecular weight excluding hydrogens is 298 g/mol. The molecule has 0 saturated carbocycles. The van der Waals surface area contributed by atoms with Gasteiger partial charge in [0.05, 0.1) is 10.7 Å². The van der Waals surface area contributed by atoms with Crippen molar-refractivity contribution in [2.45, 2.75) is 39.0 Å². The second-order valence-corrected chi connectivity index (χ2v) is 6.05. The smallest absolute Gasteiger partial charge is 0.349 e.